The van der Waals surface area contributed by atoms with Crippen LogP contribution in [-0.4, -0.2) is 39.8 Å². The fourth-order valence-corrected chi connectivity index (χ4v) is 5.26. The maximum absolute atomic E-state index is 12.7. The third-order valence-corrected chi connectivity index (χ3v) is 6.55. The number of aryl methyl sites for hydroxylation is 1. The largest absolute Gasteiger partial charge is 0.481 e. The van der Waals surface area contributed by atoms with Crippen LogP contribution >= 0.6 is 11.8 Å². The van der Waals surface area contributed by atoms with Crippen molar-refractivity contribution < 1.29 is 14.7 Å². The van der Waals surface area contributed by atoms with Gasteiger partial charge in [0.2, 0.25) is 0 Å². The van der Waals surface area contributed by atoms with Gasteiger partial charge in [0.15, 0.2) is 0 Å². The SMILES string of the molecule is Cc1cc(SC(C)(C)C)ccc1NC(=O)N1C[C@@H]2CCC[C@@]2(C(=O)O)C1. The zero-order valence-corrected chi connectivity index (χ0v) is 16.8. The van der Waals surface area contributed by atoms with E-state index in [-0.39, 0.29) is 16.7 Å². The topological polar surface area (TPSA) is 69.6 Å². The van der Waals surface area contributed by atoms with E-state index < -0.39 is 11.4 Å². The van der Waals surface area contributed by atoms with E-state index in [9.17, 15) is 14.7 Å². The minimum absolute atomic E-state index is 0.0809. The normalized spacial score (nSPS) is 25.2. The highest BCUT2D eigenvalue weighted by atomic mass is 32.2. The minimum atomic E-state index is -0.755. The predicted octanol–water partition coefficient (Wildman–Crippen LogP) is 4.60. The molecule has 6 heteroatoms. The smallest absolute Gasteiger partial charge is 0.321 e. The van der Waals surface area contributed by atoms with E-state index in [0.29, 0.717) is 19.5 Å². The molecule has 26 heavy (non-hydrogen) atoms. The Morgan fingerprint density at radius 1 is 1.35 bits per heavy atom. The number of aliphatic carboxylic acids is 1. The summed E-state index contributed by atoms with van der Waals surface area (Å²) in [4.78, 5) is 27.3. The number of hydrogen-bond acceptors (Lipinski definition) is 3. The highest BCUT2D eigenvalue weighted by molar-refractivity contribution is 8.00. The molecular formula is C20H28N2O3S. The van der Waals surface area contributed by atoms with Crippen LogP contribution in [0.3, 0.4) is 0 Å². The van der Waals surface area contributed by atoms with E-state index in [0.717, 1.165) is 24.1 Å². The van der Waals surface area contributed by atoms with Gasteiger partial charge in [0.05, 0.1) is 5.41 Å². The third kappa shape index (κ3) is 3.70. The van der Waals surface area contributed by atoms with Crippen LogP contribution in [0.4, 0.5) is 10.5 Å². The summed E-state index contributed by atoms with van der Waals surface area (Å²) in [6, 6.07) is 5.85. The van der Waals surface area contributed by atoms with Crippen LogP contribution in [-0.2, 0) is 4.79 Å². The third-order valence-electron chi connectivity index (χ3n) is 5.45. The number of carboxylic acid groups (broad SMARTS) is 1. The first-order chi connectivity index (χ1) is 12.1. The zero-order chi connectivity index (χ0) is 19.1. The molecule has 1 saturated carbocycles. The van der Waals surface area contributed by atoms with Gasteiger partial charge < -0.3 is 15.3 Å². The van der Waals surface area contributed by atoms with Gasteiger partial charge in [-0.15, -0.1) is 11.8 Å². The first-order valence-corrected chi connectivity index (χ1v) is 10.0. The Kier molecular flexibility index (Phi) is 4.99. The lowest BCUT2D eigenvalue weighted by Crippen LogP contribution is -2.38. The van der Waals surface area contributed by atoms with Crippen molar-refractivity contribution in [1.29, 1.82) is 0 Å². The molecule has 142 valence electrons. The van der Waals surface area contributed by atoms with E-state index in [2.05, 4.69) is 32.2 Å². The van der Waals surface area contributed by atoms with E-state index in [4.69, 9.17) is 0 Å². The lowest BCUT2D eigenvalue weighted by Gasteiger charge is -2.23. The van der Waals surface area contributed by atoms with Crippen molar-refractivity contribution in [2.24, 2.45) is 11.3 Å². The average Bonchev–Trinajstić information content (AvgIpc) is 3.06. The molecule has 1 heterocycles. The van der Waals surface area contributed by atoms with E-state index in [1.54, 1.807) is 16.7 Å². The zero-order valence-electron chi connectivity index (χ0n) is 16.0. The number of nitrogens with zero attached hydrogens (tertiary/aromatic N) is 1. The number of urea groups is 1. The maximum Gasteiger partial charge on any atom is 0.321 e. The second kappa shape index (κ2) is 6.80. The van der Waals surface area contributed by atoms with Crippen molar-refractivity contribution >= 4 is 29.4 Å². The number of carboxylic acids is 1. The number of carbonyl (C=O) groups excluding carboxylic acids is 1. The van der Waals surface area contributed by atoms with Crippen LogP contribution in [0.2, 0.25) is 0 Å². The fourth-order valence-electron chi connectivity index (χ4n) is 4.18. The van der Waals surface area contributed by atoms with E-state index >= 15 is 0 Å². The minimum Gasteiger partial charge on any atom is -0.481 e. The number of hydrogen-bond donors (Lipinski definition) is 2. The molecule has 0 spiro atoms. The monoisotopic (exact) mass is 376 g/mol. The van der Waals surface area contributed by atoms with Crippen LogP contribution < -0.4 is 5.32 Å². The van der Waals surface area contributed by atoms with Crippen LogP contribution in [0.15, 0.2) is 23.1 Å². The van der Waals surface area contributed by atoms with Crippen molar-refractivity contribution in [2.45, 2.75) is 56.6 Å². The molecule has 1 aliphatic heterocycles. The Balaban J connectivity index is 1.68. The summed E-state index contributed by atoms with van der Waals surface area (Å²) in [6.45, 7) is 9.35. The molecule has 3 rings (SSSR count). The number of amides is 2. The molecule has 2 N–H and O–H groups in total. The number of rotatable bonds is 3. The van der Waals surface area contributed by atoms with Crippen molar-refractivity contribution in [3.8, 4) is 0 Å². The molecule has 1 aromatic rings. The Hall–Kier alpha value is -1.69. The van der Waals surface area contributed by atoms with Gasteiger partial charge >= 0.3 is 12.0 Å². The summed E-state index contributed by atoms with van der Waals surface area (Å²) in [5.41, 5.74) is 1.06. The van der Waals surface area contributed by atoms with Gasteiger partial charge in [0.25, 0.3) is 0 Å². The van der Waals surface area contributed by atoms with Crippen molar-refractivity contribution in [1.82, 2.24) is 4.90 Å². The number of likely N-dealkylation sites (tertiary alicyclic amines) is 1. The lowest BCUT2D eigenvalue weighted by atomic mass is 9.81. The predicted molar refractivity (Wildman–Crippen MR) is 105 cm³/mol. The summed E-state index contributed by atoms with van der Waals surface area (Å²) < 4.78 is 0.135. The molecule has 1 saturated heterocycles. The number of nitrogens with one attached hydrogen (secondary N) is 1. The second-order valence-corrected chi connectivity index (χ2v) is 10.5. The van der Waals surface area contributed by atoms with Gasteiger partial charge in [-0.3, -0.25) is 4.79 Å². The summed E-state index contributed by atoms with van der Waals surface area (Å²) in [5.74, 6) is -0.674. The fraction of sp³-hybridized carbons (Fsp3) is 0.600. The molecule has 0 radical (unpaired) electrons. The second-order valence-electron chi connectivity index (χ2n) is 8.55. The van der Waals surface area contributed by atoms with Crippen LogP contribution in [0.1, 0.15) is 45.6 Å². The van der Waals surface area contributed by atoms with E-state index in [1.807, 2.05) is 19.1 Å². The molecule has 2 atom stereocenters. The molecule has 0 aromatic heterocycles. The summed E-state index contributed by atoms with van der Waals surface area (Å²) >= 11 is 1.79. The molecule has 0 bridgehead atoms. The molecular weight excluding hydrogens is 348 g/mol. The molecule has 2 aliphatic rings. The Morgan fingerprint density at radius 3 is 2.65 bits per heavy atom. The van der Waals surface area contributed by atoms with Crippen molar-refractivity contribution in [2.75, 3.05) is 18.4 Å². The number of carbonyl (C=O) groups is 2. The highest BCUT2D eigenvalue weighted by Crippen LogP contribution is 2.49. The molecule has 0 unspecified atom stereocenters. The molecule has 2 fully saturated rings. The summed E-state index contributed by atoms with van der Waals surface area (Å²) in [6.07, 6.45) is 2.51. The summed E-state index contributed by atoms with van der Waals surface area (Å²) in [5, 5.41) is 12.6. The van der Waals surface area contributed by atoms with Gasteiger partial charge in [0, 0.05) is 28.4 Å². The standard InChI is InChI=1S/C20H28N2O3S/c1-13-10-15(26-19(2,3)4)7-8-16(13)21-18(25)22-11-14-6-5-9-20(14,12-22)17(23)24/h7-8,10,14H,5-6,9,11-12H2,1-4H3,(H,21,25)(H,23,24)/t14-,20+/m0/s1. The first-order valence-electron chi connectivity index (χ1n) is 9.20. The van der Waals surface area contributed by atoms with Gasteiger partial charge in [-0.2, -0.15) is 0 Å². The Labute approximate surface area is 159 Å². The van der Waals surface area contributed by atoms with Crippen LogP contribution in [0.5, 0.6) is 0 Å². The molecule has 1 aliphatic carbocycles. The Bertz CT molecular complexity index is 728. The van der Waals surface area contributed by atoms with Crippen molar-refractivity contribution in [3.63, 3.8) is 0 Å². The van der Waals surface area contributed by atoms with Crippen LogP contribution in [0.25, 0.3) is 0 Å². The van der Waals surface area contributed by atoms with Gasteiger partial charge in [-0.05, 0) is 49.4 Å². The number of benzene rings is 1. The van der Waals surface area contributed by atoms with Gasteiger partial charge in [-0.25, -0.2) is 4.79 Å². The van der Waals surface area contributed by atoms with Crippen LogP contribution in [0, 0.1) is 18.3 Å². The van der Waals surface area contributed by atoms with Crippen molar-refractivity contribution in [3.05, 3.63) is 23.8 Å². The van der Waals surface area contributed by atoms with E-state index in [1.165, 1.54) is 4.90 Å². The number of anilines is 1. The molecule has 2 amide bonds. The first kappa shape index (κ1) is 19.1. The maximum atomic E-state index is 12.7. The quantitative estimate of drug-likeness (QED) is 0.756. The molecule has 1 aromatic carbocycles. The Morgan fingerprint density at radius 2 is 2.08 bits per heavy atom. The van der Waals surface area contributed by atoms with Gasteiger partial charge in [0.1, 0.15) is 0 Å². The number of fused-ring (bicyclic) bond motifs is 1. The molecule has 5 nitrogen and oxygen atoms in total. The highest BCUT2D eigenvalue weighted by Gasteiger charge is 2.55. The van der Waals surface area contributed by atoms with Gasteiger partial charge in [-0.1, -0.05) is 27.2 Å². The summed E-state index contributed by atoms with van der Waals surface area (Å²) in [7, 11) is 0. The average molecular weight is 377 g/mol. The lowest BCUT2D eigenvalue weighted by molar-refractivity contribution is -0.149. The number of thioether (sulfide) groups is 1.